The molecule has 1 aromatic carbocycles. The maximum absolute atomic E-state index is 3.87. The molecule has 1 heterocycles. The SMILES string of the molecule is [Cl-].[NH3+]CCc1cc2cc(Br)ccc2s1. The minimum atomic E-state index is 0. The van der Waals surface area contributed by atoms with Crippen LogP contribution >= 0.6 is 27.3 Å². The van der Waals surface area contributed by atoms with Gasteiger partial charge in [0.25, 0.3) is 0 Å². The van der Waals surface area contributed by atoms with Crippen molar-refractivity contribution in [1.29, 1.82) is 0 Å². The minimum Gasteiger partial charge on any atom is -1.00 e. The molecule has 0 aliphatic heterocycles. The quantitative estimate of drug-likeness (QED) is 0.769. The number of hydrogen-bond donors (Lipinski definition) is 1. The standard InChI is InChI=1S/C10H10BrNS.ClH/c11-8-1-2-10-7(5-8)6-9(13-10)3-4-12;/h1-2,5-6H,3-4,12H2;1H. The normalized spacial score (nSPS) is 10.1. The molecule has 0 unspecified atom stereocenters. The summed E-state index contributed by atoms with van der Waals surface area (Å²) < 4.78 is 2.52. The number of fused-ring (bicyclic) bond motifs is 1. The zero-order valence-corrected chi connectivity index (χ0v) is 10.8. The van der Waals surface area contributed by atoms with Gasteiger partial charge >= 0.3 is 0 Å². The third kappa shape index (κ3) is 2.48. The maximum atomic E-state index is 3.87. The average molecular weight is 293 g/mol. The van der Waals surface area contributed by atoms with Crippen molar-refractivity contribution in [3.63, 3.8) is 0 Å². The highest BCUT2D eigenvalue weighted by Gasteiger charge is 2.01. The molecule has 76 valence electrons. The van der Waals surface area contributed by atoms with Crippen molar-refractivity contribution in [1.82, 2.24) is 0 Å². The molecule has 0 radical (unpaired) electrons. The van der Waals surface area contributed by atoms with E-state index in [1.807, 2.05) is 11.3 Å². The summed E-state index contributed by atoms with van der Waals surface area (Å²) in [6.45, 7) is 0.980. The Labute approximate surface area is 102 Å². The first-order valence-corrected chi connectivity index (χ1v) is 5.88. The van der Waals surface area contributed by atoms with Crippen LogP contribution in [0.5, 0.6) is 0 Å². The van der Waals surface area contributed by atoms with Gasteiger partial charge in [0, 0.05) is 20.5 Å². The second-order valence-corrected chi connectivity index (χ2v) is 5.08. The smallest absolute Gasteiger partial charge is 0.0788 e. The molecule has 0 saturated heterocycles. The Morgan fingerprint density at radius 2 is 2.07 bits per heavy atom. The van der Waals surface area contributed by atoms with Crippen molar-refractivity contribution in [2.24, 2.45) is 0 Å². The zero-order valence-electron chi connectivity index (χ0n) is 7.59. The van der Waals surface area contributed by atoms with Crippen molar-refractivity contribution in [3.05, 3.63) is 33.6 Å². The van der Waals surface area contributed by atoms with Crippen LogP contribution in [0.15, 0.2) is 28.7 Å². The van der Waals surface area contributed by atoms with Gasteiger partial charge in [-0.3, -0.25) is 0 Å². The predicted octanol–water partition coefficient (Wildman–Crippen LogP) is -0.548. The predicted molar refractivity (Wildman–Crippen MR) is 61.0 cm³/mol. The molecule has 0 aliphatic carbocycles. The Morgan fingerprint density at radius 3 is 2.79 bits per heavy atom. The lowest BCUT2D eigenvalue weighted by molar-refractivity contribution is -0.366. The van der Waals surface area contributed by atoms with Crippen molar-refractivity contribution < 1.29 is 18.1 Å². The molecular formula is C10H11BrClNS. The molecule has 0 amide bonds. The molecular weight excluding hydrogens is 282 g/mol. The van der Waals surface area contributed by atoms with Crippen LogP contribution in [0.4, 0.5) is 0 Å². The molecule has 0 saturated carbocycles. The van der Waals surface area contributed by atoms with Gasteiger partial charge < -0.3 is 18.1 Å². The van der Waals surface area contributed by atoms with E-state index in [1.54, 1.807) is 0 Å². The van der Waals surface area contributed by atoms with E-state index in [2.05, 4.69) is 45.9 Å². The Kier molecular flexibility index (Phi) is 4.38. The Morgan fingerprint density at radius 1 is 1.29 bits per heavy atom. The molecule has 2 rings (SSSR count). The molecule has 0 aliphatic rings. The summed E-state index contributed by atoms with van der Waals surface area (Å²) in [5, 5.41) is 1.34. The molecule has 1 nitrogen and oxygen atoms in total. The van der Waals surface area contributed by atoms with Crippen LogP contribution in [-0.4, -0.2) is 6.54 Å². The van der Waals surface area contributed by atoms with E-state index in [1.165, 1.54) is 15.0 Å². The summed E-state index contributed by atoms with van der Waals surface area (Å²) in [6.07, 6.45) is 1.09. The molecule has 0 fully saturated rings. The summed E-state index contributed by atoms with van der Waals surface area (Å²) >= 11 is 5.34. The van der Waals surface area contributed by atoms with Gasteiger partial charge in [0.05, 0.1) is 6.54 Å². The maximum Gasteiger partial charge on any atom is 0.0788 e. The van der Waals surface area contributed by atoms with Gasteiger partial charge in [-0.25, -0.2) is 0 Å². The van der Waals surface area contributed by atoms with Crippen LogP contribution in [0.25, 0.3) is 10.1 Å². The van der Waals surface area contributed by atoms with E-state index in [4.69, 9.17) is 0 Å². The van der Waals surface area contributed by atoms with Crippen LogP contribution in [0.1, 0.15) is 4.88 Å². The van der Waals surface area contributed by atoms with E-state index in [0.29, 0.717) is 0 Å². The Bertz CT molecular complexity index is 427. The number of thiophene rings is 1. The lowest BCUT2D eigenvalue weighted by Gasteiger charge is -1.88. The largest absolute Gasteiger partial charge is 1.00 e. The van der Waals surface area contributed by atoms with E-state index in [-0.39, 0.29) is 12.4 Å². The fraction of sp³-hybridized carbons (Fsp3) is 0.200. The molecule has 14 heavy (non-hydrogen) atoms. The molecule has 0 bridgehead atoms. The van der Waals surface area contributed by atoms with Crippen molar-refractivity contribution in [2.75, 3.05) is 6.54 Å². The van der Waals surface area contributed by atoms with E-state index in [0.717, 1.165) is 17.4 Å². The second kappa shape index (κ2) is 5.12. The second-order valence-electron chi connectivity index (χ2n) is 3.00. The fourth-order valence-electron chi connectivity index (χ4n) is 1.37. The number of rotatable bonds is 2. The summed E-state index contributed by atoms with van der Waals surface area (Å²) in [5.41, 5.74) is 3.87. The van der Waals surface area contributed by atoms with Crippen LogP contribution in [0.2, 0.25) is 0 Å². The topological polar surface area (TPSA) is 27.6 Å². The Balaban J connectivity index is 0.000000980. The summed E-state index contributed by atoms with van der Waals surface area (Å²) in [4.78, 5) is 1.43. The van der Waals surface area contributed by atoms with Gasteiger partial charge in [0.1, 0.15) is 0 Å². The number of benzene rings is 1. The molecule has 1 aromatic heterocycles. The van der Waals surface area contributed by atoms with Gasteiger partial charge in [-0.2, -0.15) is 0 Å². The highest BCUT2D eigenvalue weighted by Crippen LogP contribution is 2.28. The fourth-order valence-corrected chi connectivity index (χ4v) is 2.83. The first-order chi connectivity index (χ1) is 6.29. The van der Waals surface area contributed by atoms with Gasteiger partial charge in [-0.05, 0) is 29.7 Å². The third-order valence-electron chi connectivity index (χ3n) is 1.95. The lowest BCUT2D eigenvalue weighted by Crippen LogP contribution is -3.00. The van der Waals surface area contributed by atoms with Crippen molar-refractivity contribution in [2.45, 2.75) is 6.42 Å². The van der Waals surface area contributed by atoms with Crippen molar-refractivity contribution >= 4 is 37.4 Å². The van der Waals surface area contributed by atoms with Gasteiger partial charge in [-0.15, -0.1) is 11.3 Å². The summed E-state index contributed by atoms with van der Waals surface area (Å²) in [6, 6.07) is 8.68. The van der Waals surface area contributed by atoms with E-state index in [9.17, 15) is 0 Å². The molecule has 3 N–H and O–H groups in total. The average Bonchev–Trinajstić information content (AvgIpc) is 2.46. The molecule has 4 heteroatoms. The van der Waals surface area contributed by atoms with Gasteiger partial charge in [-0.1, -0.05) is 15.9 Å². The van der Waals surface area contributed by atoms with Crippen LogP contribution in [0, 0.1) is 0 Å². The first kappa shape index (κ1) is 12.0. The van der Waals surface area contributed by atoms with Crippen LogP contribution < -0.4 is 18.1 Å². The zero-order chi connectivity index (χ0) is 9.26. The number of hydrogen-bond acceptors (Lipinski definition) is 1. The van der Waals surface area contributed by atoms with Gasteiger partial charge in [0.15, 0.2) is 0 Å². The Hall–Kier alpha value is -0.0900. The summed E-state index contributed by atoms with van der Waals surface area (Å²) in [5.74, 6) is 0. The number of halogens is 2. The molecule has 0 atom stereocenters. The molecule has 0 spiro atoms. The highest BCUT2D eigenvalue weighted by atomic mass is 79.9. The van der Waals surface area contributed by atoms with Crippen LogP contribution in [-0.2, 0) is 6.42 Å². The van der Waals surface area contributed by atoms with Crippen molar-refractivity contribution in [3.8, 4) is 0 Å². The monoisotopic (exact) mass is 291 g/mol. The molecule has 2 aromatic rings. The third-order valence-corrected chi connectivity index (χ3v) is 3.62. The van der Waals surface area contributed by atoms with Gasteiger partial charge in [0.2, 0.25) is 0 Å². The number of quaternary nitrogens is 1. The minimum absolute atomic E-state index is 0. The van der Waals surface area contributed by atoms with Crippen LogP contribution in [0.3, 0.4) is 0 Å². The highest BCUT2D eigenvalue weighted by molar-refractivity contribution is 9.10. The van der Waals surface area contributed by atoms with E-state index < -0.39 is 0 Å². The lowest BCUT2D eigenvalue weighted by atomic mass is 10.2. The summed E-state index contributed by atoms with van der Waals surface area (Å²) in [7, 11) is 0. The first-order valence-electron chi connectivity index (χ1n) is 4.27. The van der Waals surface area contributed by atoms with E-state index >= 15 is 0 Å².